The number of carbonyl (C=O) groups is 2. The lowest BCUT2D eigenvalue weighted by atomic mass is 10.1. The number of para-hydroxylation sites is 2. The minimum absolute atomic E-state index is 0. The second kappa shape index (κ2) is 12.1. The van der Waals surface area contributed by atoms with Gasteiger partial charge in [-0.25, -0.2) is 0 Å². The normalized spacial score (nSPS) is 10.6. The van der Waals surface area contributed by atoms with Crippen LogP contribution in [0.2, 0.25) is 0 Å². The topological polar surface area (TPSA) is 106 Å². The van der Waals surface area contributed by atoms with Crippen molar-refractivity contribution in [3.8, 4) is 11.5 Å². The maximum absolute atomic E-state index is 12.1. The smallest absolute Gasteiger partial charge is 0.269 e. The van der Waals surface area contributed by atoms with Gasteiger partial charge < -0.3 is 21.1 Å². The molecule has 0 saturated carbocycles. The minimum atomic E-state index is -0.571. The summed E-state index contributed by atoms with van der Waals surface area (Å²) in [5.74, 6) is 0.318. The summed E-state index contributed by atoms with van der Waals surface area (Å²) < 4.78 is 5.81. The number of anilines is 1. The van der Waals surface area contributed by atoms with Gasteiger partial charge in [-0.05, 0) is 24.6 Å². The van der Waals surface area contributed by atoms with E-state index in [1.54, 1.807) is 30.3 Å². The quantitative estimate of drug-likeness (QED) is 0.644. The number of ether oxygens (including phenoxy) is 1. The summed E-state index contributed by atoms with van der Waals surface area (Å²) in [6.07, 6.45) is 2.92. The molecule has 1 aromatic carbocycles. The maximum atomic E-state index is 12.1. The van der Waals surface area contributed by atoms with Crippen LogP contribution in [0.4, 0.5) is 5.69 Å². The molecular weight excluding hydrogens is 391 g/mol. The molecule has 0 spiro atoms. The fourth-order valence-corrected chi connectivity index (χ4v) is 2.18. The summed E-state index contributed by atoms with van der Waals surface area (Å²) >= 11 is 0. The largest absolute Gasteiger partial charge is 0.455 e. The first kappa shape index (κ1) is 24.7. The van der Waals surface area contributed by atoms with Crippen molar-refractivity contribution in [3.63, 3.8) is 0 Å². The molecule has 1 unspecified atom stereocenters. The van der Waals surface area contributed by atoms with Gasteiger partial charge >= 0.3 is 0 Å². The monoisotopic (exact) mass is 414 g/mol. The van der Waals surface area contributed by atoms with Gasteiger partial charge in [-0.1, -0.05) is 25.5 Å². The number of nitrogens with zero attached hydrogens (tertiary/aromatic N) is 1. The molecule has 4 N–H and O–H groups in total. The highest BCUT2D eigenvalue weighted by Crippen LogP contribution is 2.29. The lowest BCUT2D eigenvalue weighted by Crippen LogP contribution is -2.35. The third kappa shape index (κ3) is 7.05. The number of aromatic nitrogens is 1. The number of nitrogens with two attached hydrogens (primary N) is 1. The molecular formula is C18H24Cl2N4O3. The van der Waals surface area contributed by atoms with E-state index in [0.29, 0.717) is 23.6 Å². The van der Waals surface area contributed by atoms with Crippen molar-refractivity contribution in [3.05, 3.63) is 48.3 Å². The number of pyridine rings is 1. The number of carbonyl (C=O) groups excluding carboxylic acids is 2. The van der Waals surface area contributed by atoms with Gasteiger partial charge in [0.15, 0.2) is 5.75 Å². The molecule has 0 aliphatic heterocycles. The van der Waals surface area contributed by atoms with Crippen LogP contribution in [0.25, 0.3) is 0 Å². The number of nitrogens with one attached hydrogen (secondary N) is 2. The zero-order valence-corrected chi connectivity index (χ0v) is 16.7. The van der Waals surface area contributed by atoms with Crippen molar-refractivity contribution in [2.24, 2.45) is 5.73 Å². The van der Waals surface area contributed by atoms with Gasteiger partial charge in [0, 0.05) is 19.3 Å². The molecule has 27 heavy (non-hydrogen) atoms. The standard InChI is InChI=1S/C18H22N4O3.2ClH/c1-3-6-13(19)17(23)22-14-7-4-5-8-16(14)25-12-9-10-21-15(11-12)18(24)20-2;;/h4-5,7-11,13H,3,6,19H2,1-2H3,(H,20,24)(H,22,23);2*1H. The van der Waals surface area contributed by atoms with Gasteiger partial charge in [-0.2, -0.15) is 0 Å². The fourth-order valence-electron chi connectivity index (χ4n) is 2.18. The Balaban J connectivity index is 0.00000338. The molecule has 2 rings (SSSR count). The third-order valence-electron chi connectivity index (χ3n) is 3.50. The summed E-state index contributed by atoms with van der Waals surface area (Å²) in [5, 5.41) is 5.29. The Morgan fingerprint density at radius 2 is 1.93 bits per heavy atom. The molecule has 0 aliphatic rings. The molecule has 0 radical (unpaired) electrons. The first-order valence-electron chi connectivity index (χ1n) is 8.06. The molecule has 2 amide bonds. The molecule has 0 aliphatic carbocycles. The van der Waals surface area contributed by atoms with E-state index in [9.17, 15) is 9.59 Å². The fraction of sp³-hybridized carbons (Fsp3) is 0.278. The van der Waals surface area contributed by atoms with Crippen molar-refractivity contribution in [2.45, 2.75) is 25.8 Å². The Kier molecular flexibility index (Phi) is 11.1. The van der Waals surface area contributed by atoms with Crippen molar-refractivity contribution >= 4 is 42.3 Å². The molecule has 7 nitrogen and oxygen atoms in total. The van der Waals surface area contributed by atoms with E-state index in [0.717, 1.165) is 6.42 Å². The van der Waals surface area contributed by atoms with E-state index >= 15 is 0 Å². The number of halogens is 2. The molecule has 148 valence electrons. The van der Waals surface area contributed by atoms with Gasteiger partial charge in [0.2, 0.25) is 5.91 Å². The predicted octanol–water partition coefficient (Wildman–Crippen LogP) is 3.14. The molecule has 2 aromatic rings. The van der Waals surface area contributed by atoms with E-state index in [2.05, 4.69) is 15.6 Å². The SMILES string of the molecule is CCCC(N)C(=O)Nc1ccccc1Oc1ccnc(C(=O)NC)c1.Cl.Cl. The number of hydrogen-bond acceptors (Lipinski definition) is 5. The van der Waals surface area contributed by atoms with Crippen LogP contribution in [0.15, 0.2) is 42.6 Å². The van der Waals surface area contributed by atoms with Crippen LogP contribution in [-0.2, 0) is 4.79 Å². The van der Waals surface area contributed by atoms with Crippen molar-refractivity contribution in [2.75, 3.05) is 12.4 Å². The van der Waals surface area contributed by atoms with Gasteiger partial charge in [0.1, 0.15) is 11.4 Å². The first-order chi connectivity index (χ1) is 12.0. The highest BCUT2D eigenvalue weighted by atomic mass is 35.5. The zero-order chi connectivity index (χ0) is 18.2. The molecule has 0 saturated heterocycles. The van der Waals surface area contributed by atoms with Gasteiger partial charge in [-0.15, -0.1) is 24.8 Å². The van der Waals surface area contributed by atoms with E-state index in [4.69, 9.17) is 10.5 Å². The van der Waals surface area contributed by atoms with Gasteiger partial charge in [-0.3, -0.25) is 14.6 Å². The van der Waals surface area contributed by atoms with Crippen molar-refractivity contribution in [1.82, 2.24) is 10.3 Å². The average Bonchev–Trinajstić information content (AvgIpc) is 2.63. The molecule has 0 bridgehead atoms. The lowest BCUT2D eigenvalue weighted by Gasteiger charge is -2.15. The third-order valence-corrected chi connectivity index (χ3v) is 3.50. The Hall–Kier alpha value is -2.35. The van der Waals surface area contributed by atoms with Crippen molar-refractivity contribution in [1.29, 1.82) is 0 Å². The van der Waals surface area contributed by atoms with Crippen LogP contribution in [0, 0.1) is 0 Å². The van der Waals surface area contributed by atoms with E-state index in [1.807, 2.05) is 6.92 Å². The first-order valence-corrected chi connectivity index (χ1v) is 8.06. The van der Waals surface area contributed by atoms with E-state index in [1.165, 1.54) is 19.3 Å². The minimum Gasteiger partial charge on any atom is -0.455 e. The number of hydrogen-bond donors (Lipinski definition) is 3. The highest BCUT2D eigenvalue weighted by molar-refractivity contribution is 5.96. The number of rotatable bonds is 7. The molecule has 9 heteroatoms. The second-order valence-corrected chi connectivity index (χ2v) is 5.44. The Morgan fingerprint density at radius 3 is 2.59 bits per heavy atom. The van der Waals surface area contributed by atoms with Crippen LogP contribution < -0.4 is 21.1 Å². The van der Waals surface area contributed by atoms with Crippen molar-refractivity contribution < 1.29 is 14.3 Å². The molecule has 1 atom stereocenters. The summed E-state index contributed by atoms with van der Waals surface area (Å²) in [5.41, 5.74) is 6.59. The summed E-state index contributed by atoms with van der Waals surface area (Å²) in [6.45, 7) is 1.97. The van der Waals surface area contributed by atoms with Crippen LogP contribution in [-0.4, -0.2) is 29.9 Å². The Morgan fingerprint density at radius 1 is 1.22 bits per heavy atom. The molecule has 0 fully saturated rings. The number of amides is 2. The average molecular weight is 415 g/mol. The Bertz CT molecular complexity index is 759. The zero-order valence-electron chi connectivity index (χ0n) is 15.1. The maximum Gasteiger partial charge on any atom is 0.269 e. The van der Waals surface area contributed by atoms with Crippen LogP contribution in [0.3, 0.4) is 0 Å². The Labute approximate surface area is 170 Å². The summed E-state index contributed by atoms with van der Waals surface area (Å²) in [4.78, 5) is 27.8. The predicted molar refractivity (Wildman–Crippen MR) is 110 cm³/mol. The summed E-state index contributed by atoms with van der Waals surface area (Å²) in [6, 6.07) is 9.62. The van der Waals surface area contributed by atoms with Gasteiger partial charge in [0.05, 0.1) is 11.7 Å². The highest BCUT2D eigenvalue weighted by Gasteiger charge is 2.15. The molecule has 1 heterocycles. The van der Waals surface area contributed by atoms with E-state index < -0.39 is 6.04 Å². The number of benzene rings is 1. The van der Waals surface area contributed by atoms with Crippen LogP contribution in [0.5, 0.6) is 11.5 Å². The van der Waals surface area contributed by atoms with Crippen LogP contribution >= 0.6 is 24.8 Å². The van der Waals surface area contributed by atoms with Gasteiger partial charge in [0.25, 0.3) is 5.91 Å². The molecule has 1 aromatic heterocycles. The lowest BCUT2D eigenvalue weighted by molar-refractivity contribution is -0.117. The van der Waals surface area contributed by atoms with Crippen LogP contribution in [0.1, 0.15) is 30.3 Å². The van der Waals surface area contributed by atoms with E-state index in [-0.39, 0.29) is 42.3 Å². The summed E-state index contributed by atoms with van der Waals surface area (Å²) in [7, 11) is 1.53. The second-order valence-electron chi connectivity index (χ2n) is 5.44.